The van der Waals surface area contributed by atoms with Crippen molar-refractivity contribution in [3.8, 4) is 11.5 Å². The Labute approximate surface area is 179 Å². The van der Waals surface area contributed by atoms with Gasteiger partial charge in [0.15, 0.2) is 18.1 Å². The normalized spacial score (nSPS) is 11.7. The number of carbonyl (C=O) groups is 2. The molecule has 6 heteroatoms. The van der Waals surface area contributed by atoms with Gasteiger partial charge in [0.25, 0.3) is 5.91 Å². The highest BCUT2D eigenvalue weighted by molar-refractivity contribution is 5.88. The monoisotopic (exact) mass is 412 g/mol. The van der Waals surface area contributed by atoms with Crippen molar-refractivity contribution in [2.75, 3.05) is 13.7 Å². The fourth-order valence-corrected chi connectivity index (χ4v) is 3.27. The molecule has 2 aromatic carbocycles. The molecule has 1 N–H and O–H groups in total. The van der Waals surface area contributed by atoms with Crippen LogP contribution in [0.15, 0.2) is 48.5 Å². The van der Waals surface area contributed by atoms with E-state index in [2.05, 4.69) is 5.32 Å². The number of hydrogen-bond donors (Lipinski definition) is 1. The van der Waals surface area contributed by atoms with Gasteiger partial charge < -0.3 is 19.7 Å². The van der Waals surface area contributed by atoms with E-state index in [0.717, 1.165) is 11.1 Å². The van der Waals surface area contributed by atoms with E-state index in [4.69, 9.17) is 9.47 Å². The van der Waals surface area contributed by atoms with E-state index in [0.29, 0.717) is 24.5 Å². The predicted octanol–water partition coefficient (Wildman–Crippen LogP) is 3.71. The number of nitrogens with one attached hydrogen (secondary N) is 1. The van der Waals surface area contributed by atoms with E-state index in [1.807, 2.05) is 64.1 Å². The Morgan fingerprint density at radius 1 is 1.07 bits per heavy atom. The largest absolute Gasteiger partial charge is 0.493 e. The molecular formula is C24H32N2O4. The van der Waals surface area contributed by atoms with Crippen LogP contribution in [-0.4, -0.2) is 42.5 Å². The van der Waals surface area contributed by atoms with E-state index in [1.54, 1.807) is 24.1 Å². The molecule has 0 heterocycles. The number of benzene rings is 2. The zero-order valence-corrected chi connectivity index (χ0v) is 18.5. The van der Waals surface area contributed by atoms with Gasteiger partial charge in [-0.2, -0.15) is 0 Å². The SMILES string of the molecule is CCC(C(=O)NC(C)C)N(Cc1cccc(C)c1)C(=O)COc1ccccc1OC. The molecular weight excluding hydrogens is 380 g/mol. The Morgan fingerprint density at radius 3 is 2.37 bits per heavy atom. The zero-order chi connectivity index (χ0) is 22.1. The first-order valence-electron chi connectivity index (χ1n) is 10.3. The van der Waals surface area contributed by atoms with Crippen molar-refractivity contribution in [3.05, 3.63) is 59.7 Å². The highest BCUT2D eigenvalue weighted by Crippen LogP contribution is 2.26. The average Bonchev–Trinajstić information content (AvgIpc) is 2.71. The van der Waals surface area contributed by atoms with Gasteiger partial charge in [-0.25, -0.2) is 0 Å². The van der Waals surface area contributed by atoms with Gasteiger partial charge in [-0.15, -0.1) is 0 Å². The number of aryl methyl sites for hydroxylation is 1. The highest BCUT2D eigenvalue weighted by Gasteiger charge is 2.29. The van der Waals surface area contributed by atoms with Gasteiger partial charge in [0.05, 0.1) is 7.11 Å². The van der Waals surface area contributed by atoms with Crippen LogP contribution in [0.4, 0.5) is 0 Å². The van der Waals surface area contributed by atoms with Crippen LogP contribution in [0.1, 0.15) is 38.3 Å². The van der Waals surface area contributed by atoms with Gasteiger partial charge >= 0.3 is 0 Å². The summed E-state index contributed by atoms with van der Waals surface area (Å²) in [6, 6.07) is 14.5. The molecule has 6 nitrogen and oxygen atoms in total. The van der Waals surface area contributed by atoms with Crippen LogP contribution in [0.25, 0.3) is 0 Å². The standard InChI is InChI=1S/C24H32N2O4/c1-6-20(24(28)25-17(2)3)26(15-19-11-9-10-18(4)14-19)23(27)16-30-22-13-8-7-12-21(22)29-5/h7-14,17,20H,6,15-16H2,1-5H3,(H,25,28). The van der Waals surface area contributed by atoms with E-state index in [9.17, 15) is 9.59 Å². The molecule has 0 radical (unpaired) electrons. The lowest BCUT2D eigenvalue weighted by molar-refractivity contribution is -0.143. The van der Waals surface area contributed by atoms with Gasteiger partial charge in [-0.3, -0.25) is 9.59 Å². The number of carbonyl (C=O) groups excluding carboxylic acids is 2. The Morgan fingerprint density at radius 2 is 1.77 bits per heavy atom. The maximum atomic E-state index is 13.2. The van der Waals surface area contributed by atoms with Gasteiger partial charge in [0.2, 0.25) is 5.91 Å². The number of ether oxygens (including phenoxy) is 2. The summed E-state index contributed by atoms with van der Waals surface area (Å²) in [5, 5.41) is 2.92. The topological polar surface area (TPSA) is 67.9 Å². The number of nitrogens with zero attached hydrogens (tertiary/aromatic N) is 1. The van der Waals surface area contributed by atoms with Gasteiger partial charge in [-0.05, 0) is 44.9 Å². The first kappa shape index (κ1) is 23.3. The zero-order valence-electron chi connectivity index (χ0n) is 18.5. The fraction of sp³-hybridized carbons (Fsp3) is 0.417. The Hall–Kier alpha value is -3.02. The molecule has 0 aliphatic heterocycles. The number of rotatable bonds is 10. The summed E-state index contributed by atoms with van der Waals surface area (Å²) in [5.41, 5.74) is 2.07. The first-order chi connectivity index (χ1) is 14.3. The molecule has 30 heavy (non-hydrogen) atoms. The molecule has 0 saturated heterocycles. The summed E-state index contributed by atoms with van der Waals surface area (Å²) in [4.78, 5) is 27.6. The summed E-state index contributed by atoms with van der Waals surface area (Å²) in [7, 11) is 1.55. The van der Waals surface area contributed by atoms with Crippen LogP contribution in [0.3, 0.4) is 0 Å². The molecule has 2 aromatic rings. The molecule has 0 spiro atoms. The fourth-order valence-electron chi connectivity index (χ4n) is 3.27. The van der Waals surface area contributed by atoms with E-state index in [-0.39, 0.29) is 24.5 Å². The third-order valence-electron chi connectivity index (χ3n) is 4.67. The highest BCUT2D eigenvalue weighted by atomic mass is 16.5. The number of hydrogen-bond acceptors (Lipinski definition) is 4. The lowest BCUT2D eigenvalue weighted by Gasteiger charge is -2.31. The molecule has 0 aliphatic carbocycles. The second-order valence-corrected chi connectivity index (χ2v) is 7.54. The minimum atomic E-state index is -0.582. The lowest BCUT2D eigenvalue weighted by atomic mass is 10.1. The van der Waals surface area contributed by atoms with E-state index in [1.165, 1.54) is 0 Å². The van der Waals surface area contributed by atoms with E-state index >= 15 is 0 Å². The van der Waals surface area contributed by atoms with Crippen molar-refractivity contribution in [1.29, 1.82) is 0 Å². The van der Waals surface area contributed by atoms with Gasteiger partial charge in [-0.1, -0.05) is 48.9 Å². The number of para-hydroxylation sites is 2. The summed E-state index contributed by atoms with van der Waals surface area (Å²) >= 11 is 0. The molecule has 0 fully saturated rings. The molecule has 0 bridgehead atoms. The van der Waals surface area contributed by atoms with Crippen LogP contribution in [0, 0.1) is 6.92 Å². The third kappa shape index (κ3) is 6.51. The van der Waals surface area contributed by atoms with Crippen LogP contribution >= 0.6 is 0 Å². The average molecular weight is 413 g/mol. The minimum absolute atomic E-state index is 0.00713. The maximum absolute atomic E-state index is 13.2. The van der Waals surface area contributed by atoms with Gasteiger partial charge in [0.1, 0.15) is 6.04 Å². The van der Waals surface area contributed by atoms with E-state index < -0.39 is 6.04 Å². The summed E-state index contributed by atoms with van der Waals surface area (Å²) in [6.07, 6.45) is 0.505. The quantitative estimate of drug-likeness (QED) is 0.646. The summed E-state index contributed by atoms with van der Waals surface area (Å²) < 4.78 is 11.0. The van der Waals surface area contributed by atoms with Crippen molar-refractivity contribution in [2.45, 2.75) is 52.7 Å². The first-order valence-corrected chi connectivity index (χ1v) is 10.3. The molecule has 1 unspecified atom stereocenters. The van der Waals surface area contributed by atoms with Gasteiger partial charge in [0, 0.05) is 12.6 Å². The molecule has 162 valence electrons. The molecule has 0 aromatic heterocycles. The van der Waals surface area contributed by atoms with Crippen molar-refractivity contribution >= 4 is 11.8 Å². The van der Waals surface area contributed by atoms with Crippen molar-refractivity contribution in [3.63, 3.8) is 0 Å². The smallest absolute Gasteiger partial charge is 0.261 e. The van der Waals surface area contributed by atoms with Crippen LogP contribution in [0.2, 0.25) is 0 Å². The predicted molar refractivity (Wildman–Crippen MR) is 118 cm³/mol. The molecule has 0 saturated carbocycles. The Bertz CT molecular complexity index is 851. The Kier molecular flexibility index (Phi) is 8.71. The maximum Gasteiger partial charge on any atom is 0.261 e. The molecule has 1 atom stereocenters. The minimum Gasteiger partial charge on any atom is -0.493 e. The Balaban J connectivity index is 2.24. The lowest BCUT2D eigenvalue weighted by Crippen LogP contribution is -2.51. The van der Waals surface area contributed by atoms with Crippen molar-refractivity contribution in [2.24, 2.45) is 0 Å². The van der Waals surface area contributed by atoms with Crippen LogP contribution in [-0.2, 0) is 16.1 Å². The van der Waals surface area contributed by atoms with Crippen molar-refractivity contribution in [1.82, 2.24) is 10.2 Å². The molecule has 2 amide bonds. The van der Waals surface area contributed by atoms with Crippen LogP contribution in [0.5, 0.6) is 11.5 Å². The molecule has 2 rings (SSSR count). The second kappa shape index (κ2) is 11.2. The third-order valence-corrected chi connectivity index (χ3v) is 4.67. The number of amides is 2. The molecule has 0 aliphatic rings. The number of methoxy groups -OCH3 is 1. The van der Waals surface area contributed by atoms with Crippen LogP contribution < -0.4 is 14.8 Å². The van der Waals surface area contributed by atoms with Crippen molar-refractivity contribution < 1.29 is 19.1 Å². The summed E-state index contributed by atoms with van der Waals surface area (Å²) in [6.45, 7) is 7.87. The summed E-state index contributed by atoms with van der Waals surface area (Å²) in [5.74, 6) is 0.627. The second-order valence-electron chi connectivity index (χ2n) is 7.54.